The molecular formula is C16H12N4O4S. The Labute approximate surface area is 145 Å². The monoisotopic (exact) mass is 356 g/mol. The Bertz CT molecular complexity index is 1020. The summed E-state index contributed by atoms with van der Waals surface area (Å²) in [7, 11) is 0. The Morgan fingerprint density at radius 1 is 1.36 bits per heavy atom. The topological polar surface area (TPSA) is 118 Å². The maximum atomic E-state index is 11.9. The number of nitro groups is 1. The lowest BCUT2D eigenvalue weighted by Gasteiger charge is -1.99. The number of nitrogens with one attached hydrogen (secondary N) is 2. The molecule has 3 aromatic rings. The van der Waals surface area contributed by atoms with E-state index >= 15 is 0 Å². The molecule has 1 aromatic carbocycles. The highest BCUT2D eigenvalue weighted by Gasteiger charge is 2.07. The van der Waals surface area contributed by atoms with Crippen molar-refractivity contribution in [2.45, 2.75) is 6.54 Å². The van der Waals surface area contributed by atoms with Crippen LogP contribution >= 0.6 is 11.3 Å². The molecule has 0 aliphatic heterocycles. The summed E-state index contributed by atoms with van der Waals surface area (Å²) in [5.74, 6) is -0.308. The second-order valence-corrected chi connectivity index (χ2v) is 6.18. The third-order valence-corrected chi connectivity index (χ3v) is 4.40. The van der Waals surface area contributed by atoms with Gasteiger partial charge in [0.2, 0.25) is 5.91 Å². The summed E-state index contributed by atoms with van der Waals surface area (Å²) in [6, 6.07) is 7.57. The molecule has 2 aromatic heterocycles. The van der Waals surface area contributed by atoms with Gasteiger partial charge in [-0.05, 0) is 29.8 Å². The van der Waals surface area contributed by atoms with E-state index < -0.39 is 4.92 Å². The van der Waals surface area contributed by atoms with Crippen molar-refractivity contribution in [1.29, 1.82) is 0 Å². The van der Waals surface area contributed by atoms with Crippen molar-refractivity contribution >= 4 is 39.2 Å². The predicted molar refractivity (Wildman–Crippen MR) is 94.2 cm³/mol. The zero-order valence-electron chi connectivity index (χ0n) is 12.8. The van der Waals surface area contributed by atoms with Crippen LogP contribution in [0, 0.1) is 10.1 Å². The average Bonchev–Trinajstić information content (AvgIpc) is 3.03. The van der Waals surface area contributed by atoms with Crippen molar-refractivity contribution in [3.8, 4) is 0 Å². The van der Waals surface area contributed by atoms with Crippen molar-refractivity contribution < 1.29 is 9.72 Å². The molecule has 0 aliphatic carbocycles. The number of hydrogen-bond acceptors (Lipinski definition) is 6. The first kappa shape index (κ1) is 16.5. The summed E-state index contributed by atoms with van der Waals surface area (Å²) in [5.41, 5.74) is 0.463. The summed E-state index contributed by atoms with van der Waals surface area (Å²) in [5, 5.41) is 13.8. The first-order chi connectivity index (χ1) is 12.0. The van der Waals surface area contributed by atoms with Gasteiger partial charge in [-0.15, -0.1) is 11.3 Å². The van der Waals surface area contributed by atoms with Crippen LogP contribution in [-0.2, 0) is 11.3 Å². The minimum atomic E-state index is -0.481. The molecule has 0 atom stereocenters. The average molecular weight is 356 g/mol. The smallest absolute Gasteiger partial charge is 0.269 e. The SMILES string of the molecule is O=C(/C=C/c1ccc([N+](=O)[O-])cc1)NCc1cc2c(=O)[nH]cnc2s1. The van der Waals surface area contributed by atoms with Gasteiger partial charge in [-0.1, -0.05) is 0 Å². The van der Waals surface area contributed by atoms with Crippen molar-refractivity contribution in [3.63, 3.8) is 0 Å². The molecule has 8 nitrogen and oxygen atoms in total. The van der Waals surface area contributed by atoms with Gasteiger partial charge in [-0.25, -0.2) is 4.98 Å². The van der Waals surface area contributed by atoms with E-state index in [2.05, 4.69) is 15.3 Å². The summed E-state index contributed by atoms with van der Waals surface area (Å²) in [6.07, 6.45) is 4.26. The normalized spacial score (nSPS) is 11.0. The number of carbonyl (C=O) groups excluding carboxylic acids is 1. The van der Waals surface area contributed by atoms with Crippen molar-refractivity contribution in [1.82, 2.24) is 15.3 Å². The molecule has 9 heteroatoms. The van der Waals surface area contributed by atoms with Crippen LogP contribution in [-0.4, -0.2) is 20.8 Å². The van der Waals surface area contributed by atoms with E-state index in [-0.39, 0.29) is 23.7 Å². The van der Waals surface area contributed by atoms with Gasteiger partial charge in [-0.2, -0.15) is 0 Å². The highest BCUT2D eigenvalue weighted by Crippen LogP contribution is 2.20. The molecule has 0 unspecified atom stereocenters. The fraction of sp³-hybridized carbons (Fsp3) is 0.0625. The van der Waals surface area contributed by atoms with E-state index in [1.54, 1.807) is 24.3 Å². The third kappa shape index (κ3) is 3.96. The zero-order valence-corrected chi connectivity index (χ0v) is 13.6. The van der Waals surface area contributed by atoms with Gasteiger partial charge in [0.25, 0.3) is 11.2 Å². The Kier molecular flexibility index (Phi) is 4.66. The Balaban J connectivity index is 1.61. The van der Waals surface area contributed by atoms with Crippen LogP contribution in [0.1, 0.15) is 10.4 Å². The minimum absolute atomic E-state index is 0.00467. The molecule has 2 heterocycles. The van der Waals surface area contributed by atoms with Gasteiger partial charge >= 0.3 is 0 Å². The van der Waals surface area contributed by atoms with Gasteiger partial charge < -0.3 is 10.3 Å². The maximum Gasteiger partial charge on any atom is 0.269 e. The standard InChI is InChI=1S/C16H12N4O4S/c21-14(6-3-10-1-4-11(5-2-10)20(23)24)17-8-12-7-13-15(22)18-9-19-16(13)25-12/h1-7,9H,8H2,(H,17,21)(H,18,19,22)/b6-3+. The van der Waals surface area contributed by atoms with Crippen LogP contribution in [0.3, 0.4) is 0 Å². The molecule has 0 fully saturated rings. The number of thiophene rings is 1. The van der Waals surface area contributed by atoms with Crippen LogP contribution in [0.25, 0.3) is 16.3 Å². The quantitative estimate of drug-likeness (QED) is 0.413. The van der Waals surface area contributed by atoms with Gasteiger partial charge in [0.1, 0.15) is 4.83 Å². The molecule has 2 N–H and O–H groups in total. The van der Waals surface area contributed by atoms with Crippen LogP contribution in [0.5, 0.6) is 0 Å². The number of amides is 1. The fourth-order valence-corrected chi connectivity index (χ4v) is 3.05. The van der Waals surface area contributed by atoms with Gasteiger partial charge in [0, 0.05) is 23.1 Å². The summed E-state index contributed by atoms with van der Waals surface area (Å²) in [4.78, 5) is 41.6. The van der Waals surface area contributed by atoms with E-state index in [0.29, 0.717) is 15.8 Å². The molecule has 0 radical (unpaired) electrons. The van der Waals surface area contributed by atoms with E-state index in [1.807, 2.05) is 0 Å². The molecule has 1 amide bonds. The number of non-ortho nitro benzene ring substituents is 1. The van der Waals surface area contributed by atoms with Crippen LogP contribution in [0.4, 0.5) is 5.69 Å². The molecule has 0 saturated heterocycles. The number of aromatic amines is 1. The van der Waals surface area contributed by atoms with E-state index in [4.69, 9.17) is 0 Å². The van der Waals surface area contributed by atoms with Crippen molar-refractivity contribution in [3.05, 3.63) is 73.6 Å². The van der Waals surface area contributed by atoms with Crippen LogP contribution in [0.15, 0.2) is 47.5 Å². The molecule has 0 bridgehead atoms. The largest absolute Gasteiger partial charge is 0.348 e. The maximum absolute atomic E-state index is 11.9. The zero-order chi connectivity index (χ0) is 17.8. The Morgan fingerprint density at radius 2 is 2.12 bits per heavy atom. The minimum Gasteiger partial charge on any atom is -0.348 e. The lowest BCUT2D eigenvalue weighted by Crippen LogP contribution is -2.19. The third-order valence-electron chi connectivity index (χ3n) is 3.35. The summed E-state index contributed by atoms with van der Waals surface area (Å²) >= 11 is 1.34. The first-order valence-electron chi connectivity index (χ1n) is 7.19. The van der Waals surface area contributed by atoms with E-state index in [1.165, 1.54) is 35.9 Å². The second kappa shape index (κ2) is 7.05. The number of hydrogen-bond donors (Lipinski definition) is 2. The van der Waals surface area contributed by atoms with E-state index in [9.17, 15) is 19.7 Å². The summed E-state index contributed by atoms with van der Waals surface area (Å²) in [6.45, 7) is 0.282. The molecule has 25 heavy (non-hydrogen) atoms. The first-order valence-corrected chi connectivity index (χ1v) is 8.01. The molecule has 0 saturated carbocycles. The number of H-pyrrole nitrogens is 1. The van der Waals surface area contributed by atoms with Crippen LogP contribution in [0.2, 0.25) is 0 Å². The van der Waals surface area contributed by atoms with Crippen molar-refractivity contribution in [2.75, 3.05) is 0 Å². The predicted octanol–water partition coefficient (Wildman–Crippen LogP) is 2.22. The Morgan fingerprint density at radius 3 is 2.80 bits per heavy atom. The number of fused-ring (bicyclic) bond motifs is 1. The summed E-state index contributed by atoms with van der Waals surface area (Å²) < 4.78 is 0. The molecule has 126 valence electrons. The molecule has 3 rings (SSSR count). The number of rotatable bonds is 5. The highest BCUT2D eigenvalue weighted by atomic mass is 32.1. The Hall–Kier alpha value is -3.33. The number of nitrogens with zero attached hydrogens (tertiary/aromatic N) is 2. The molecule has 0 aliphatic rings. The second-order valence-electron chi connectivity index (χ2n) is 5.06. The van der Waals surface area contributed by atoms with Gasteiger partial charge in [0.15, 0.2) is 0 Å². The lowest BCUT2D eigenvalue weighted by atomic mass is 10.2. The van der Waals surface area contributed by atoms with Gasteiger partial charge in [-0.3, -0.25) is 19.7 Å². The number of aromatic nitrogens is 2. The fourth-order valence-electron chi connectivity index (χ4n) is 2.12. The van der Waals surface area contributed by atoms with Gasteiger partial charge in [0.05, 0.1) is 23.2 Å². The molecule has 0 spiro atoms. The molecular weight excluding hydrogens is 344 g/mol. The van der Waals surface area contributed by atoms with Crippen molar-refractivity contribution in [2.24, 2.45) is 0 Å². The number of nitro benzene ring substituents is 1. The lowest BCUT2D eigenvalue weighted by molar-refractivity contribution is -0.384. The van der Waals surface area contributed by atoms with Crippen LogP contribution < -0.4 is 10.9 Å². The highest BCUT2D eigenvalue weighted by molar-refractivity contribution is 7.18. The van der Waals surface area contributed by atoms with E-state index in [0.717, 1.165) is 4.88 Å². The number of benzene rings is 1. The number of carbonyl (C=O) groups is 1.